The van der Waals surface area contributed by atoms with Gasteiger partial charge in [-0.3, -0.25) is 0 Å². The van der Waals surface area contributed by atoms with E-state index in [-0.39, 0.29) is 0 Å². The first kappa shape index (κ1) is 10.4. The van der Waals surface area contributed by atoms with E-state index in [4.69, 9.17) is 0 Å². The second kappa shape index (κ2) is 4.27. The Morgan fingerprint density at radius 1 is 0.875 bits per heavy atom. The molecule has 0 aliphatic carbocycles. The molecule has 0 aromatic heterocycles. The van der Waals surface area contributed by atoms with Gasteiger partial charge in [-0.1, -0.05) is 85.5 Å². The van der Waals surface area contributed by atoms with Crippen LogP contribution < -0.4 is 5.46 Å². The van der Waals surface area contributed by atoms with Gasteiger partial charge in [0.25, 0.3) is 0 Å². The van der Waals surface area contributed by atoms with E-state index in [1.807, 2.05) is 0 Å². The van der Waals surface area contributed by atoms with Crippen LogP contribution in [0.1, 0.15) is 44.1 Å². The van der Waals surface area contributed by atoms with Crippen molar-refractivity contribution in [3.8, 4) is 0 Å². The smallest absolute Gasteiger partial charge is 0.0795 e. The molecule has 2 heterocycles. The number of fused-ring (bicyclic) bond motifs is 2. The standard InChI is InChI=1S/C15H21B/c1-12-8-10-15(11-9-12)16-13-4-2-5-14(16)7-3-6-13/h8-11,13-14H,2-7H2,1H3. The Bertz CT molecular complexity index is 332. The summed E-state index contributed by atoms with van der Waals surface area (Å²) in [6.07, 6.45) is 8.89. The van der Waals surface area contributed by atoms with Crippen LogP contribution in [0.5, 0.6) is 0 Å². The monoisotopic (exact) mass is 212 g/mol. The fraction of sp³-hybridized carbons (Fsp3) is 0.600. The molecule has 84 valence electrons. The maximum atomic E-state index is 2.39. The molecule has 16 heavy (non-hydrogen) atoms. The molecule has 0 amide bonds. The van der Waals surface area contributed by atoms with Gasteiger partial charge >= 0.3 is 0 Å². The van der Waals surface area contributed by atoms with Crippen LogP contribution >= 0.6 is 0 Å². The molecule has 0 nitrogen and oxygen atoms in total. The van der Waals surface area contributed by atoms with E-state index in [2.05, 4.69) is 31.2 Å². The molecule has 2 saturated heterocycles. The third-order valence-electron chi connectivity index (χ3n) is 4.78. The lowest BCUT2D eigenvalue weighted by atomic mass is 9.25. The predicted octanol–water partition coefficient (Wildman–Crippen LogP) is 3.81. The quantitative estimate of drug-likeness (QED) is 0.621. The van der Waals surface area contributed by atoms with Gasteiger partial charge in [-0.2, -0.15) is 0 Å². The summed E-state index contributed by atoms with van der Waals surface area (Å²) in [4.78, 5) is 0. The van der Waals surface area contributed by atoms with E-state index in [1.165, 1.54) is 44.1 Å². The summed E-state index contributed by atoms with van der Waals surface area (Å²) >= 11 is 0. The van der Waals surface area contributed by atoms with Gasteiger partial charge in [-0.25, -0.2) is 0 Å². The molecular formula is C15H21B. The van der Waals surface area contributed by atoms with Crippen molar-refractivity contribution in [2.24, 2.45) is 0 Å². The highest BCUT2D eigenvalue weighted by Crippen LogP contribution is 2.45. The van der Waals surface area contributed by atoms with Gasteiger partial charge in [0.15, 0.2) is 6.71 Å². The first-order valence-electron chi connectivity index (χ1n) is 6.91. The molecule has 1 aromatic carbocycles. The van der Waals surface area contributed by atoms with Crippen molar-refractivity contribution in [3.05, 3.63) is 29.8 Å². The zero-order valence-electron chi connectivity index (χ0n) is 10.3. The van der Waals surface area contributed by atoms with Crippen LogP contribution in [0.4, 0.5) is 0 Å². The zero-order chi connectivity index (χ0) is 11.0. The van der Waals surface area contributed by atoms with Gasteiger partial charge in [0.1, 0.15) is 0 Å². The van der Waals surface area contributed by atoms with Crippen LogP contribution in [0.25, 0.3) is 0 Å². The minimum atomic E-state index is 0.892. The minimum absolute atomic E-state index is 0.892. The van der Waals surface area contributed by atoms with Crippen LogP contribution in [0, 0.1) is 6.92 Å². The van der Waals surface area contributed by atoms with E-state index >= 15 is 0 Å². The molecule has 0 atom stereocenters. The van der Waals surface area contributed by atoms with Crippen LogP contribution in [0.15, 0.2) is 24.3 Å². The van der Waals surface area contributed by atoms with Crippen molar-refractivity contribution in [1.29, 1.82) is 0 Å². The molecule has 0 unspecified atom stereocenters. The molecule has 1 aromatic rings. The first-order valence-corrected chi connectivity index (χ1v) is 6.91. The number of rotatable bonds is 1. The van der Waals surface area contributed by atoms with E-state index in [0.717, 1.165) is 18.3 Å². The second-order valence-electron chi connectivity index (χ2n) is 5.82. The Morgan fingerprint density at radius 3 is 1.88 bits per heavy atom. The van der Waals surface area contributed by atoms with Crippen molar-refractivity contribution in [2.75, 3.05) is 0 Å². The van der Waals surface area contributed by atoms with E-state index in [9.17, 15) is 0 Å². The Morgan fingerprint density at radius 2 is 1.38 bits per heavy atom. The van der Waals surface area contributed by atoms with Crippen molar-refractivity contribution < 1.29 is 0 Å². The molecule has 0 N–H and O–H groups in total. The summed E-state index contributed by atoms with van der Waals surface area (Å²) in [5, 5.41) is 0. The third-order valence-corrected chi connectivity index (χ3v) is 4.78. The molecule has 2 bridgehead atoms. The van der Waals surface area contributed by atoms with Crippen molar-refractivity contribution in [1.82, 2.24) is 0 Å². The Kier molecular flexibility index (Phi) is 2.79. The first-order chi connectivity index (χ1) is 7.84. The number of benzene rings is 1. The van der Waals surface area contributed by atoms with Crippen LogP contribution in [0.2, 0.25) is 11.6 Å². The summed E-state index contributed by atoms with van der Waals surface area (Å²) in [6, 6.07) is 9.35. The lowest BCUT2D eigenvalue weighted by Gasteiger charge is -2.40. The fourth-order valence-electron chi connectivity index (χ4n) is 4.01. The van der Waals surface area contributed by atoms with Gasteiger partial charge in [0.2, 0.25) is 0 Å². The number of hydrogen-bond donors (Lipinski definition) is 0. The molecule has 3 rings (SSSR count). The maximum absolute atomic E-state index is 2.39. The molecule has 1 heteroatoms. The summed E-state index contributed by atoms with van der Waals surface area (Å²) < 4.78 is 0. The SMILES string of the molecule is Cc1ccc(B2C3CCCC2CCC3)cc1. The highest BCUT2D eigenvalue weighted by Gasteiger charge is 2.39. The van der Waals surface area contributed by atoms with E-state index < -0.39 is 0 Å². The molecule has 0 saturated carbocycles. The fourth-order valence-corrected chi connectivity index (χ4v) is 4.01. The lowest BCUT2D eigenvalue weighted by Crippen LogP contribution is -2.44. The number of hydrogen-bond acceptors (Lipinski definition) is 0. The Labute approximate surface area is 99.5 Å². The van der Waals surface area contributed by atoms with Gasteiger partial charge < -0.3 is 0 Å². The topological polar surface area (TPSA) is 0 Å². The van der Waals surface area contributed by atoms with Gasteiger partial charge in [-0.15, -0.1) is 0 Å². The minimum Gasteiger partial charge on any atom is -0.0795 e. The summed E-state index contributed by atoms with van der Waals surface area (Å²) in [5.41, 5.74) is 3.02. The predicted molar refractivity (Wildman–Crippen MR) is 71.8 cm³/mol. The van der Waals surface area contributed by atoms with Crippen LogP contribution in [-0.4, -0.2) is 6.71 Å². The normalized spacial score (nSPS) is 29.2. The molecule has 2 aliphatic rings. The zero-order valence-corrected chi connectivity index (χ0v) is 10.3. The van der Waals surface area contributed by atoms with Gasteiger partial charge in [-0.05, 0) is 6.92 Å². The molecule has 2 aliphatic heterocycles. The van der Waals surface area contributed by atoms with Gasteiger partial charge in [0.05, 0.1) is 0 Å². The van der Waals surface area contributed by atoms with Crippen molar-refractivity contribution in [3.63, 3.8) is 0 Å². The third kappa shape index (κ3) is 1.81. The lowest BCUT2D eigenvalue weighted by molar-refractivity contribution is 0.448. The van der Waals surface area contributed by atoms with E-state index in [0.29, 0.717) is 0 Å². The molecule has 0 spiro atoms. The van der Waals surface area contributed by atoms with Gasteiger partial charge in [0, 0.05) is 0 Å². The molecule has 2 fully saturated rings. The average Bonchev–Trinajstić information content (AvgIpc) is 2.29. The van der Waals surface area contributed by atoms with Crippen LogP contribution in [-0.2, 0) is 0 Å². The Hall–Kier alpha value is -0.715. The van der Waals surface area contributed by atoms with Crippen LogP contribution in [0.3, 0.4) is 0 Å². The second-order valence-corrected chi connectivity index (χ2v) is 5.82. The average molecular weight is 212 g/mol. The highest BCUT2D eigenvalue weighted by molar-refractivity contribution is 6.76. The van der Waals surface area contributed by atoms with E-state index in [1.54, 1.807) is 5.46 Å². The van der Waals surface area contributed by atoms with Crippen molar-refractivity contribution in [2.45, 2.75) is 57.1 Å². The largest absolute Gasteiger partial charge is 0.182 e. The highest BCUT2D eigenvalue weighted by atomic mass is 14.2. The number of aryl methyl sites for hydroxylation is 1. The summed E-state index contributed by atoms with van der Waals surface area (Å²) in [5.74, 6) is 1.99. The summed E-state index contributed by atoms with van der Waals surface area (Å²) in [6.45, 7) is 3.08. The summed E-state index contributed by atoms with van der Waals surface area (Å²) in [7, 11) is 0. The Balaban J connectivity index is 1.89. The van der Waals surface area contributed by atoms with Crippen molar-refractivity contribution >= 4 is 12.2 Å². The molecule has 0 radical (unpaired) electrons. The maximum Gasteiger partial charge on any atom is 0.182 e. The molecular weight excluding hydrogens is 191 g/mol.